The number of carboxylic acids is 1. The number of esters is 1. The molecule has 1 atom stereocenters. The van der Waals surface area contributed by atoms with Crippen molar-refractivity contribution < 1.29 is 29.0 Å². The number of amides is 1. The third kappa shape index (κ3) is 4.38. The van der Waals surface area contributed by atoms with Gasteiger partial charge in [-0.05, 0) is 55.1 Å². The number of carbonyl (C=O) groups excluding carboxylic acids is 2. The molecule has 0 bridgehead atoms. The molecular formula is C25H23N3O6S. The van der Waals surface area contributed by atoms with Crippen molar-refractivity contribution in [2.75, 3.05) is 20.2 Å². The van der Waals surface area contributed by atoms with Crippen LogP contribution in [0.25, 0.3) is 21.6 Å². The Bertz CT molecular complexity index is 1330. The highest BCUT2D eigenvalue weighted by Crippen LogP contribution is 2.44. The van der Waals surface area contributed by atoms with Crippen LogP contribution in [0.5, 0.6) is 5.75 Å². The second-order valence-corrected chi connectivity index (χ2v) is 9.28. The molecule has 3 N–H and O–H groups in total. The maximum atomic E-state index is 12.8. The number of pyridine rings is 1. The van der Waals surface area contributed by atoms with Crippen LogP contribution in [0.2, 0.25) is 0 Å². The first kappa shape index (κ1) is 23.0. The van der Waals surface area contributed by atoms with E-state index in [-0.39, 0.29) is 34.1 Å². The third-order valence-electron chi connectivity index (χ3n) is 6.15. The topological polar surface area (TPSA) is 127 Å². The number of aromatic nitrogens is 1. The average molecular weight is 494 g/mol. The van der Waals surface area contributed by atoms with Crippen molar-refractivity contribution in [3.63, 3.8) is 0 Å². The fraction of sp³-hybridized carbons (Fsp3) is 0.280. The van der Waals surface area contributed by atoms with Gasteiger partial charge < -0.3 is 25.2 Å². The number of piperidine rings is 1. The van der Waals surface area contributed by atoms with E-state index in [4.69, 9.17) is 9.47 Å². The summed E-state index contributed by atoms with van der Waals surface area (Å²) >= 11 is 1.51. The Labute approximate surface area is 205 Å². The van der Waals surface area contributed by atoms with Crippen LogP contribution in [0.15, 0.2) is 35.7 Å². The Kier molecular flexibility index (Phi) is 6.23. The van der Waals surface area contributed by atoms with Gasteiger partial charge in [0.2, 0.25) is 0 Å². The number of nitrogens with zero attached hydrogens (tertiary/aromatic N) is 1. The monoisotopic (exact) mass is 493 g/mol. The first-order valence-corrected chi connectivity index (χ1v) is 12.1. The summed E-state index contributed by atoms with van der Waals surface area (Å²) in [5.41, 5.74) is 2.08. The number of aromatic carboxylic acids is 1. The number of thiophene rings is 1. The smallest absolute Gasteiger partial charge is 0.357 e. The predicted molar refractivity (Wildman–Crippen MR) is 129 cm³/mol. The Balaban J connectivity index is 1.58. The molecule has 1 aromatic carbocycles. The summed E-state index contributed by atoms with van der Waals surface area (Å²) in [6.45, 7) is 1.95. The summed E-state index contributed by atoms with van der Waals surface area (Å²) in [4.78, 5) is 43.0. The molecule has 1 fully saturated rings. The lowest BCUT2D eigenvalue weighted by Gasteiger charge is -2.23. The van der Waals surface area contributed by atoms with Crippen molar-refractivity contribution in [1.29, 1.82) is 0 Å². The van der Waals surface area contributed by atoms with Crippen LogP contribution in [0, 0.1) is 0 Å². The minimum absolute atomic E-state index is 0.00830. The maximum Gasteiger partial charge on any atom is 0.357 e. The molecule has 1 saturated heterocycles. The van der Waals surface area contributed by atoms with E-state index in [1.54, 1.807) is 12.1 Å². The second kappa shape index (κ2) is 9.47. The highest BCUT2D eigenvalue weighted by atomic mass is 32.1. The minimum atomic E-state index is -1.16. The van der Waals surface area contributed by atoms with Gasteiger partial charge in [0.15, 0.2) is 5.69 Å². The summed E-state index contributed by atoms with van der Waals surface area (Å²) < 4.78 is 10.8. The average Bonchev–Trinajstić information content (AvgIpc) is 3.37. The molecule has 2 aliphatic rings. The molecule has 0 unspecified atom stereocenters. The van der Waals surface area contributed by atoms with E-state index in [9.17, 15) is 19.5 Å². The van der Waals surface area contributed by atoms with E-state index in [0.717, 1.165) is 29.8 Å². The molecule has 2 aliphatic heterocycles. The molecule has 1 amide bonds. The Morgan fingerprint density at radius 2 is 2.06 bits per heavy atom. The van der Waals surface area contributed by atoms with Crippen LogP contribution in [-0.4, -0.2) is 54.2 Å². The zero-order valence-electron chi connectivity index (χ0n) is 18.9. The van der Waals surface area contributed by atoms with E-state index in [1.165, 1.54) is 30.6 Å². The largest absolute Gasteiger partial charge is 0.488 e. The van der Waals surface area contributed by atoms with E-state index >= 15 is 0 Å². The first-order valence-electron chi connectivity index (χ1n) is 11.2. The second-order valence-electron chi connectivity index (χ2n) is 8.36. The number of hydrogen-bond donors (Lipinski definition) is 3. The number of fused-ring (bicyclic) bond motifs is 3. The normalized spacial score (nSPS) is 16.4. The zero-order valence-corrected chi connectivity index (χ0v) is 19.7. The lowest BCUT2D eigenvalue weighted by atomic mass is 9.93. The van der Waals surface area contributed by atoms with Gasteiger partial charge in [-0.15, -0.1) is 11.3 Å². The molecule has 5 rings (SSSR count). The van der Waals surface area contributed by atoms with E-state index in [2.05, 4.69) is 15.6 Å². The summed E-state index contributed by atoms with van der Waals surface area (Å²) in [6, 6.07) is 8.09. The van der Waals surface area contributed by atoms with E-state index in [1.807, 2.05) is 11.4 Å². The summed E-state index contributed by atoms with van der Waals surface area (Å²) in [7, 11) is 1.21. The fourth-order valence-corrected chi connectivity index (χ4v) is 5.34. The molecule has 0 saturated carbocycles. The molecule has 0 spiro atoms. The van der Waals surface area contributed by atoms with Gasteiger partial charge in [0, 0.05) is 39.7 Å². The number of benzene rings is 1. The lowest BCUT2D eigenvalue weighted by Crippen LogP contribution is -2.45. The van der Waals surface area contributed by atoms with Gasteiger partial charge in [-0.2, -0.15) is 0 Å². The van der Waals surface area contributed by atoms with Crippen LogP contribution in [0.4, 0.5) is 0 Å². The van der Waals surface area contributed by atoms with Crippen LogP contribution in [0.3, 0.4) is 0 Å². The molecular weight excluding hydrogens is 470 g/mol. The van der Waals surface area contributed by atoms with Crippen LogP contribution in [-0.2, 0) is 11.3 Å². The maximum absolute atomic E-state index is 12.8. The lowest BCUT2D eigenvalue weighted by molar-refractivity contribution is 0.0593. The van der Waals surface area contributed by atoms with Crippen molar-refractivity contribution in [3.05, 3.63) is 58.2 Å². The van der Waals surface area contributed by atoms with Gasteiger partial charge in [-0.25, -0.2) is 14.6 Å². The molecule has 0 aliphatic carbocycles. The van der Waals surface area contributed by atoms with Crippen molar-refractivity contribution in [2.45, 2.75) is 25.5 Å². The number of rotatable bonds is 5. The fourth-order valence-electron chi connectivity index (χ4n) is 4.41. The molecule has 180 valence electrons. The van der Waals surface area contributed by atoms with Gasteiger partial charge in [-0.3, -0.25) is 4.79 Å². The molecule has 0 radical (unpaired) electrons. The molecule has 35 heavy (non-hydrogen) atoms. The Morgan fingerprint density at radius 1 is 1.20 bits per heavy atom. The third-order valence-corrected chi connectivity index (χ3v) is 7.14. The molecule has 10 heteroatoms. The summed E-state index contributed by atoms with van der Waals surface area (Å²) in [5, 5.41) is 18.1. The predicted octanol–water partition coefficient (Wildman–Crippen LogP) is 3.34. The number of ether oxygens (including phenoxy) is 2. The van der Waals surface area contributed by atoms with Crippen LogP contribution < -0.4 is 15.4 Å². The van der Waals surface area contributed by atoms with Gasteiger partial charge in [0.1, 0.15) is 18.1 Å². The van der Waals surface area contributed by atoms with Crippen molar-refractivity contribution in [2.24, 2.45) is 0 Å². The number of methoxy groups -OCH3 is 1. The highest BCUT2D eigenvalue weighted by molar-refractivity contribution is 7.13. The standard InChI is InChI=1S/C25H23N3O6S/c1-33-25(32)21-15(4-5-19(28-21)23(29)27-14-3-2-7-26-11-14)16-10-20-18(9-17(16)24(30)31)22-13(12-34-20)6-8-35-22/h4-6,8-10,14,26H,2-3,7,11-12H2,1H3,(H,27,29)(H,30,31)/t14-/m1/s1. The quantitative estimate of drug-likeness (QED) is 0.462. The van der Waals surface area contributed by atoms with Gasteiger partial charge in [-0.1, -0.05) is 0 Å². The van der Waals surface area contributed by atoms with Gasteiger partial charge >= 0.3 is 11.9 Å². The van der Waals surface area contributed by atoms with Gasteiger partial charge in [0.05, 0.1) is 12.7 Å². The molecule has 4 heterocycles. The molecule has 9 nitrogen and oxygen atoms in total. The summed E-state index contributed by atoms with van der Waals surface area (Å²) in [6.07, 6.45) is 1.81. The SMILES string of the molecule is COC(=O)c1nc(C(=O)N[C@@H]2CCCNC2)ccc1-c1cc2c(cc1C(=O)O)-c1sccc1CO2. The first-order chi connectivity index (χ1) is 17.0. The number of carboxylic acid groups (broad SMARTS) is 1. The Hall–Kier alpha value is -3.76. The molecule has 3 aromatic rings. The van der Waals surface area contributed by atoms with Crippen molar-refractivity contribution in [3.8, 4) is 27.3 Å². The van der Waals surface area contributed by atoms with Crippen LogP contribution >= 0.6 is 11.3 Å². The number of nitrogens with one attached hydrogen (secondary N) is 2. The van der Waals surface area contributed by atoms with E-state index in [0.29, 0.717) is 24.5 Å². The Morgan fingerprint density at radius 3 is 2.80 bits per heavy atom. The number of hydrogen-bond acceptors (Lipinski definition) is 8. The van der Waals surface area contributed by atoms with Crippen molar-refractivity contribution >= 4 is 29.2 Å². The van der Waals surface area contributed by atoms with Crippen LogP contribution in [0.1, 0.15) is 49.7 Å². The minimum Gasteiger partial charge on any atom is -0.488 e. The van der Waals surface area contributed by atoms with Crippen molar-refractivity contribution in [1.82, 2.24) is 15.6 Å². The van der Waals surface area contributed by atoms with Gasteiger partial charge in [0.25, 0.3) is 5.91 Å². The highest BCUT2D eigenvalue weighted by Gasteiger charge is 2.27. The molecule has 2 aromatic heterocycles. The summed E-state index contributed by atoms with van der Waals surface area (Å²) in [5.74, 6) is -1.83. The zero-order chi connectivity index (χ0) is 24.5. The van der Waals surface area contributed by atoms with E-state index < -0.39 is 17.8 Å². The number of carbonyl (C=O) groups is 3.